The van der Waals surface area contributed by atoms with Crippen molar-refractivity contribution < 1.29 is 4.92 Å². The molecule has 0 rings (SSSR count). The van der Waals surface area contributed by atoms with E-state index in [2.05, 4.69) is 5.32 Å². The summed E-state index contributed by atoms with van der Waals surface area (Å²) in [4.78, 5) is 8.86. The highest BCUT2D eigenvalue weighted by molar-refractivity contribution is 4.83. The molecule has 45 valence electrons. The van der Waals surface area contributed by atoms with Gasteiger partial charge in [0.1, 0.15) is 0 Å². The van der Waals surface area contributed by atoms with E-state index in [1.165, 1.54) is 7.05 Å². The van der Waals surface area contributed by atoms with E-state index in [0.29, 0.717) is 6.20 Å². The Labute approximate surface area is 46.3 Å². The fourth-order valence-corrected chi connectivity index (χ4v) is 0.170. The Morgan fingerprint density at radius 3 is 2.62 bits per heavy atom. The van der Waals surface area contributed by atoms with Gasteiger partial charge in [-0.3, -0.25) is 15.8 Å². The molecule has 0 bridgehead atoms. The van der Waals surface area contributed by atoms with Crippen LogP contribution in [-0.4, -0.2) is 12.0 Å². The second-order valence-corrected chi connectivity index (χ2v) is 1.08. The Balaban J connectivity index is 3.75. The molecule has 5 heteroatoms. The van der Waals surface area contributed by atoms with Crippen LogP contribution in [0.1, 0.15) is 0 Å². The summed E-state index contributed by atoms with van der Waals surface area (Å²) in [5.74, 6) is -0.199. The second-order valence-electron chi connectivity index (χ2n) is 1.08. The van der Waals surface area contributed by atoms with Crippen LogP contribution in [0.2, 0.25) is 0 Å². The Morgan fingerprint density at radius 1 is 2.00 bits per heavy atom. The van der Waals surface area contributed by atoms with Gasteiger partial charge in [0.25, 0.3) is 6.20 Å². The van der Waals surface area contributed by atoms with E-state index in [0.717, 1.165) is 0 Å². The van der Waals surface area contributed by atoms with Crippen LogP contribution in [0.15, 0.2) is 12.0 Å². The lowest BCUT2D eigenvalue weighted by molar-refractivity contribution is -0.403. The minimum atomic E-state index is -0.682. The summed E-state index contributed by atoms with van der Waals surface area (Å²) in [6.45, 7) is 0. The summed E-state index contributed by atoms with van der Waals surface area (Å²) in [5, 5.41) is 11.8. The van der Waals surface area contributed by atoms with Crippen LogP contribution in [0.4, 0.5) is 0 Å². The van der Waals surface area contributed by atoms with Gasteiger partial charge in [-0.15, -0.1) is 0 Å². The summed E-state index contributed by atoms with van der Waals surface area (Å²) in [7, 11) is 1.45. The molecule has 0 aliphatic heterocycles. The molecule has 2 N–H and O–H groups in total. The van der Waals surface area contributed by atoms with Crippen LogP contribution in [0, 0.1) is 10.1 Å². The van der Waals surface area contributed by atoms with Gasteiger partial charge in [-0.1, -0.05) is 0 Å². The van der Waals surface area contributed by atoms with Crippen LogP contribution >= 0.6 is 0 Å². The lowest BCUT2D eigenvalue weighted by Gasteiger charge is -1.88. The van der Waals surface area contributed by atoms with Crippen molar-refractivity contribution >= 4 is 0 Å². The quantitative estimate of drug-likeness (QED) is 0.392. The average molecular weight is 116 g/mol. The molecule has 5 nitrogen and oxygen atoms in total. The van der Waals surface area contributed by atoms with Gasteiger partial charge in [0.15, 0.2) is 5.82 Å². The van der Waals surface area contributed by atoms with Crippen molar-refractivity contribution in [1.82, 2.24) is 11.1 Å². The van der Waals surface area contributed by atoms with E-state index in [-0.39, 0.29) is 5.82 Å². The minimum absolute atomic E-state index is 0.199. The summed E-state index contributed by atoms with van der Waals surface area (Å²) in [6, 6.07) is 0. The Bertz CT molecular complexity index is 120. The molecular formula is C3H6N3O2. The average Bonchev–Trinajstić information content (AvgIpc) is 1.65. The third kappa shape index (κ3) is 2.95. The standard InChI is InChI=1S/C3H6N3O2/c1-5-3(4)2-6(7)8/h2,4-5H,1H3/b3-2-. The van der Waals surface area contributed by atoms with Gasteiger partial charge in [0, 0.05) is 7.05 Å². The monoisotopic (exact) mass is 116 g/mol. The van der Waals surface area contributed by atoms with Gasteiger partial charge < -0.3 is 5.32 Å². The predicted octanol–water partition coefficient (Wildman–Crippen LogP) is -0.436. The van der Waals surface area contributed by atoms with Crippen LogP contribution in [-0.2, 0) is 0 Å². The highest BCUT2D eigenvalue weighted by Gasteiger charge is 1.90. The van der Waals surface area contributed by atoms with Crippen molar-refractivity contribution in [2.45, 2.75) is 0 Å². The molecule has 0 aromatic rings. The number of hydrogen-bond donors (Lipinski definition) is 1. The fraction of sp³-hybridized carbons (Fsp3) is 0.333. The predicted molar refractivity (Wildman–Crippen MR) is 27.2 cm³/mol. The second kappa shape index (κ2) is 2.84. The molecule has 0 fully saturated rings. The first-order valence-corrected chi connectivity index (χ1v) is 1.91. The SMILES string of the molecule is CN/C([NH])=C\[N+](=O)[O-]. The maximum atomic E-state index is 9.54. The number of hydrogen-bond acceptors (Lipinski definition) is 3. The van der Waals surface area contributed by atoms with E-state index in [4.69, 9.17) is 5.73 Å². The third-order valence-electron chi connectivity index (χ3n) is 0.504. The fourth-order valence-electron chi connectivity index (χ4n) is 0.170. The van der Waals surface area contributed by atoms with E-state index >= 15 is 0 Å². The number of nitrogens with zero attached hydrogens (tertiary/aromatic N) is 1. The van der Waals surface area contributed by atoms with E-state index in [1.54, 1.807) is 0 Å². The highest BCUT2D eigenvalue weighted by atomic mass is 16.6. The number of nitro groups is 1. The van der Waals surface area contributed by atoms with Gasteiger partial charge in [-0.2, -0.15) is 0 Å². The van der Waals surface area contributed by atoms with Crippen LogP contribution < -0.4 is 11.1 Å². The molecular weight excluding hydrogens is 110 g/mol. The molecule has 8 heavy (non-hydrogen) atoms. The molecule has 0 heterocycles. The summed E-state index contributed by atoms with van der Waals surface area (Å²) >= 11 is 0. The van der Waals surface area contributed by atoms with Crippen molar-refractivity contribution in [3.8, 4) is 0 Å². The minimum Gasteiger partial charge on any atom is -0.368 e. The maximum Gasteiger partial charge on any atom is 0.275 e. The molecule has 0 aromatic heterocycles. The largest absolute Gasteiger partial charge is 0.368 e. The van der Waals surface area contributed by atoms with Crippen molar-refractivity contribution in [3.05, 3.63) is 22.1 Å². The van der Waals surface area contributed by atoms with E-state index < -0.39 is 4.92 Å². The number of rotatable bonds is 2. The van der Waals surface area contributed by atoms with Gasteiger partial charge in [0.05, 0.1) is 4.92 Å². The van der Waals surface area contributed by atoms with Gasteiger partial charge >= 0.3 is 0 Å². The van der Waals surface area contributed by atoms with E-state index in [9.17, 15) is 10.1 Å². The van der Waals surface area contributed by atoms with Crippen molar-refractivity contribution in [1.29, 1.82) is 0 Å². The Kier molecular flexibility index (Phi) is 2.39. The Hall–Kier alpha value is -1.26. The smallest absolute Gasteiger partial charge is 0.275 e. The molecule has 0 spiro atoms. The first kappa shape index (κ1) is 6.74. The summed E-state index contributed by atoms with van der Waals surface area (Å²) < 4.78 is 0. The molecule has 0 atom stereocenters. The highest BCUT2D eigenvalue weighted by Crippen LogP contribution is 1.76. The van der Waals surface area contributed by atoms with Crippen molar-refractivity contribution in [3.63, 3.8) is 0 Å². The lowest BCUT2D eigenvalue weighted by atomic mass is 10.8. The molecule has 0 unspecified atom stereocenters. The number of nitrogens with one attached hydrogen (secondary N) is 2. The molecule has 0 saturated heterocycles. The van der Waals surface area contributed by atoms with Gasteiger partial charge in [0.2, 0.25) is 0 Å². The zero-order valence-corrected chi connectivity index (χ0v) is 4.34. The molecule has 0 aliphatic rings. The first-order valence-electron chi connectivity index (χ1n) is 1.91. The van der Waals surface area contributed by atoms with Crippen molar-refractivity contribution in [2.24, 2.45) is 0 Å². The van der Waals surface area contributed by atoms with Crippen LogP contribution in [0.3, 0.4) is 0 Å². The van der Waals surface area contributed by atoms with Gasteiger partial charge in [-0.25, -0.2) is 0 Å². The normalized spacial score (nSPS) is 10.9. The van der Waals surface area contributed by atoms with Crippen LogP contribution in [0.25, 0.3) is 0 Å². The zero-order chi connectivity index (χ0) is 6.57. The van der Waals surface area contributed by atoms with Gasteiger partial charge in [-0.05, 0) is 0 Å². The zero-order valence-electron chi connectivity index (χ0n) is 4.34. The molecule has 0 aromatic carbocycles. The maximum absolute atomic E-state index is 9.54. The lowest BCUT2D eigenvalue weighted by Crippen LogP contribution is -2.07. The Morgan fingerprint density at radius 2 is 2.50 bits per heavy atom. The topological polar surface area (TPSA) is 79.0 Å². The third-order valence-corrected chi connectivity index (χ3v) is 0.504. The molecule has 0 saturated carbocycles. The summed E-state index contributed by atoms with van der Waals surface area (Å²) in [6.07, 6.45) is 0.583. The van der Waals surface area contributed by atoms with Crippen molar-refractivity contribution in [2.75, 3.05) is 7.05 Å². The van der Waals surface area contributed by atoms with E-state index in [1.807, 2.05) is 0 Å². The van der Waals surface area contributed by atoms with Crippen LogP contribution in [0.5, 0.6) is 0 Å². The molecule has 1 radical (unpaired) electrons. The summed E-state index contributed by atoms with van der Waals surface area (Å²) in [5.41, 5.74) is 6.66. The molecule has 0 amide bonds. The molecule has 0 aliphatic carbocycles. The first-order chi connectivity index (χ1) is 3.66.